The van der Waals surface area contributed by atoms with E-state index in [0.717, 1.165) is 0 Å². The van der Waals surface area contributed by atoms with Gasteiger partial charge in [-0.25, -0.2) is 4.39 Å². The third-order valence-electron chi connectivity index (χ3n) is 1.36. The van der Waals surface area contributed by atoms with Crippen molar-refractivity contribution >= 4 is 23.1 Å². The number of aliphatic imine (C=N–C) groups is 1. The number of alkyl halides is 1. The molecule has 0 aliphatic rings. The van der Waals surface area contributed by atoms with Crippen LogP contribution in [0.2, 0.25) is 0 Å². The molecule has 1 unspecified atom stereocenters. The molecule has 62 valence electrons. The number of nitrogens with zero attached hydrogens (tertiary/aromatic N) is 1. The molecule has 0 aromatic heterocycles. The number of hydrogen-bond acceptors (Lipinski definition) is 3. The molecule has 0 aliphatic carbocycles. The van der Waals surface area contributed by atoms with E-state index in [9.17, 15) is 4.39 Å². The van der Waals surface area contributed by atoms with Crippen LogP contribution in [0, 0.1) is 0 Å². The first-order chi connectivity index (χ1) is 5.74. The van der Waals surface area contributed by atoms with Crippen molar-refractivity contribution in [1.29, 1.82) is 0 Å². The highest BCUT2D eigenvalue weighted by atomic mass is 32.1. The van der Waals surface area contributed by atoms with Crippen LogP contribution in [-0.4, -0.2) is 5.16 Å². The number of benzene rings is 1. The summed E-state index contributed by atoms with van der Waals surface area (Å²) < 4.78 is 12.5. The molecule has 0 spiro atoms. The Morgan fingerprint density at radius 3 is 2.92 bits per heavy atom. The molecule has 1 rings (SSSR count). The molecule has 0 aliphatic heterocycles. The van der Waals surface area contributed by atoms with Gasteiger partial charge in [0, 0.05) is 5.56 Å². The fourth-order valence-corrected chi connectivity index (χ4v) is 0.924. The van der Waals surface area contributed by atoms with E-state index in [1.165, 1.54) is 6.07 Å². The molecule has 0 saturated carbocycles. The predicted octanol–water partition coefficient (Wildman–Crippen LogP) is 2.35. The van der Waals surface area contributed by atoms with Crippen LogP contribution in [0.1, 0.15) is 11.9 Å². The summed E-state index contributed by atoms with van der Waals surface area (Å²) in [5.41, 5.74) is 5.98. The number of isothiocyanates is 1. The molecule has 0 heterocycles. The summed E-state index contributed by atoms with van der Waals surface area (Å²) >= 11 is 4.40. The van der Waals surface area contributed by atoms with E-state index in [1.54, 1.807) is 18.2 Å². The van der Waals surface area contributed by atoms with E-state index < -0.39 is 6.30 Å². The average molecular weight is 182 g/mol. The van der Waals surface area contributed by atoms with E-state index in [-0.39, 0.29) is 0 Å². The first-order valence-electron chi connectivity index (χ1n) is 3.31. The topological polar surface area (TPSA) is 38.4 Å². The molecule has 2 N–H and O–H groups in total. The highest BCUT2D eigenvalue weighted by Gasteiger charge is 2.02. The van der Waals surface area contributed by atoms with E-state index in [4.69, 9.17) is 5.73 Å². The number of halogens is 1. The van der Waals surface area contributed by atoms with Gasteiger partial charge in [-0.05, 0) is 24.4 Å². The van der Waals surface area contributed by atoms with E-state index >= 15 is 0 Å². The lowest BCUT2D eigenvalue weighted by atomic mass is 10.2. The quantitative estimate of drug-likeness (QED) is 0.433. The van der Waals surface area contributed by atoms with Gasteiger partial charge < -0.3 is 0 Å². The lowest BCUT2D eigenvalue weighted by Crippen LogP contribution is -2.02. The molecule has 1 aromatic rings. The van der Waals surface area contributed by atoms with Crippen LogP contribution in [0.15, 0.2) is 29.3 Å². The maximum atomic E-state index is 12.5. The van der Waals surface area contributed by atoms with Crippen molar-refractivity contribution in [1.82, 2.24) is 0 Å². The zero-order chi connectivity index (χ0) is 8.97. The Morgan fingerprint density at radius 1 is 1.58 bits per heavy atom. The summed E-state index contributed by atoms with van der Waals surface area (Å²) in [6.45, 7) is 0. The highest BCUT2D eigenvalue weighted by molar-refractivity contribution is 7.78. The normalized spacial score (nSPS) is 11.8. The predicted molar refractivity (Wildman–Crippen MR) is 49.2 cm³/mol. The van der Waals surface area contributed by atoms with Gasteiger partial charge in [-0.1, -0.05) is 12.1 Å². The van der Waals surface area contributed by atoms with Crippen LogP contribution in [0.3, 0.4) is 0 Å². The van der Waals surface area contributed by atoms with Gasteiger partial charge in [-0.2, -0.15) is 4.99 Å². The van der Waals surface area contributed by atoms with Crippen molar-refractivity contribution in [2.75, 3.05) is 0 Å². The van der Waals surface area contributed by atoms with Gasteiger partial charge in [0.25, 0.3) is 0 Å². The standard InChI is InChI=1S/C8H7FN2S/c9-8(10)6-2-1-3-7(4-6)11-5-12/h1-4,8H,10H2. The number of thiocarbonyl (C=S) groups is 1. The third-order valence-corrected chi connectivity index (χ3v) is 1.45. The Balaban J connectivity index is 3.03. The van der Waals surface area contributed by atoms with Crippen molar-refractivity contribution in [2.24, 2.45) is 10.7 Å². The largest absolute Gasteiger partial charge is 0.298 e. The summed E-state index contributed by atoms with van der Waals surface area (Å²) in [6, 6.07) is 6.49. The van der Waals surface area contributed by atoms with Gasteiger partial charge in [0.2, 0.25) is 0 Å². The summed E-state index contributed by atoms with van der Waals surface area (Å²) in [5.74, 6) is 0. The molecule has 0 radical (unpaired) electrons. The Labute approximate surface area is 74.9 Å². The average Bonchev–Trinajstić information content (AvgIpc) is 2.05. The Morgan fingerprint density at radius 2 is 2.33 bits per heavy atom. The second kappa shape index (κ2) is 4.07. The number of nitrogens with two attached hydrogens (primary N) is 1. The van der Waals surface area contributed by atoms with Crippen molar-refractivity contribution in [3.63, 3.8) is 0 Å². The van der Waals surface area contributed by atoms with Crippen LogP contribution >= 0.6 is 12.2 Å². The van der Waals surface area contributed by atoms with Crippen LogP contribution in [0.4, 0.5) is 10.1 Å². The summed E-state index contributed by atoms with van der Waals surface area (Å²) in [7, 11) is 0. The lowest BCUT2D eigenvalue weighted by molar-refractivity contribution is 0.356. The lowest BCUT2D eigenvalue weighted by Gasteiger charge is -2.01. The zero-order valence-corrected chi connectivity index (χ0v) is 7.01. The molecule has 0 fully saturated rings. The van der Waals surface area contributed by atoms with Gasteiger partial charge in [0.1, 0.15) is 0 Å². The van der Waals surface area contributed by atoms with Gasteiger partial charge in [0.05, 0.1) is 10.8 Å². The maximum Gasteiger partial charge on any atom is 0.174 e. The zero-order valence-electron chi connectivity index (χ0n) is 6.20. The SMILES string of the molecule is NC(F)c1cccc(N=C=S)c1. The smallest absolute Gasteiger partial charge is 0.174 e. The van der Waals surface area contributed by atoms with Gasteiger partial charge >= 0.3 is 0 Å². The van der Waals surface area contributed by atoms with E-state index in [2.05, 4.69) is 22.4 Å². The summed E-state index contributed by atoms with van der Waals surface area (Å²) in [5, 5.41) is 2.20. The van der Waals surface area contributed by atoms with Crippen molar-refractivity contribution < 1.29 is 4.39 Å². The van der Waals surface area contributed by atoms with Crippen molar-refractivity contribution in [2.45, 2.75) is 6.30 Å². The third kappa shape index (κ3) is 2.20. The minimum Gasteiger partial charge on any atom is -0.298 e. The molecular weight excluding hydrogens is 175 g/mol. The Hall–Kier alpha value is -1.09. The molecular formula is C8H7FN2S. The fourth-order valence-electron chi connectivity index (χ4n) is 0.819. The molecule has 2 nitrogen and oxygen atoms in total. The highest BCUT2D eigenvalue weighted by Crippen LogP contribution is 2.18. The van der Waals surface area contributed by atoms with E-state index in [0.29, 0.717) is 11.3 Å². The monoisotopic (exact) mass is 182 g/mol. The van der Waals surface area contributed by atoms with Crippen molar-refractivity contribution in [3.05, 3.63) is 29.8 Å². The Kier molecular flexibility index (Phi) is 3.05. The van der Waals surface area contributed by atoms with Gasteiger partial charge in [0.15, 0.2) is 6.30 Å². The second-order valence-corrected chi connectivity index (χ2v) is 2.38. The Bertz CT molecular complexity index is 319. The first-order valence-corrected chi connectivity index (χ1v) is 3.72. The van der Waals surface area contributed by atoms with Crippen LogP contribution in [-0.2, 0) is 0 Å². The van der Waals surface area contributed by atoms with Gasteiger partial charge in [-0.15, -0.1) is 0 Å². The summed E-state index contributed by atoms with van der Waals surface area (Å²) in [4.78, 5) is 3.69. The summed E-state index contributed by atoms with van der Waals surface area (Å²) in [6.07, 6.45) is -1.47. The number of rotatable bonds is 2. The minimum atomic E-state index is -1.47. The molecule has 0 bridgehead atoms. The van der Waals surface area contributed by atoms with Crippen molar-refractivity contribution in [3.8, 4) is 0 Å². The van der Waals surface area contributed by atoms with Crippen LogP contribution < -0.4 is 5.73 Å². The van der Waals surface area contributed by atoms with E-state index in [1.807, 2.05) is 0 Å². The van der Waals surface area contributed by atoms with Crippen LogP contribution in [0.5, 0.6) is 0 Å². The molecule has 12 heavy (non-hydrogen) atoms. The molecule has 4 heteroatoms. The first kappa shape index (κ1) is 9.00. The molecule has 1 aromatic carbocycles. The fraction of sp³-hybridized carbons (Fsp3) is 0.125. The molecule has 0 amide bonds. The number of hydrogen-bond donors (Lipinski definition) is 1. The maximum absolute atomic E-state index is 12.5. The van der Waals surface area contributed by atoms with Gasteiger partial charge in [-0.3, -0.25) is 5.73 Å². The van der Waals surface area contributed by atoms with Crippen LogP contribution in [0.25, 0.3) is 0 Å². The molecule has 1 atom stereocenters. The molecule has 0 saturated heterocycles. The minimum absolute atomic E-state index is 0.390. The second-order valence-electron chi connectivity index (χ2n) is 2.20.